The largest absolute Gasteiger partial charge is 0.481 e. The van der Waals surface area contributed by atoms with E-state index in [1.165, 1.54) is 0 Å². The molecule has 2 aliphatic heterocycles. The molecule has 1 saturated heterocycles. The van der Waals surface area contributed by atoms with Gasteiger partial charge in [-0.1, -0.05) is 6.07 Å². The number of hydrogen-bond donors (Lipinski definition) is 1. The van der Waals surface area contributed by atoms with E-state index in [0.717, 1.165) is 5.56 Å². The van der Waals surface area contributed by atoms with Crippen LogP contribution in [0.25, 0.3) is 0 Å². The summed E-state index contributed by atoms with van der Waals surface area (Å²) >= 11 is 0. The highest BCUT2D eigenvalue weighted by molar-refractivity contribution is 5.93. The summed E-state index contributed by atoms with van der Waals surface area (Å²) in [5, 5.41) is 9.62. The number of aryl methyl sites for hydroxylation is 1. The van der Waals surface area contributed by atoms with Gasteiger partial charge in [0.15, 0.2) is 11.5 Å². The monoisotopic (exact) mass is 342 g/mol. The van der Waals surface area contributed by atoms with Crippen molar-refractivity contribution in [3.8, 4) is 11.5 Å². The Kier molecular flexibility index (Phi) is 3.63. The molecule has 25 heavy (non-hydrogen) atoms. The minimum absolute atomic E-state index is 0.151. The predicted octanol–water partition coefficient (Wildman–Crippen LogP) is 1.69. The Morgan fingerprint density at radius 3 is 2.68 bits per heavy atom. The van der Waals surface area contributed by atoms with Crippen molar-refractivity contribution in [1.82, 2.24) is 9.47 Å². The van der Waals surface area contributed by atoms with Crippen LogP contribution in [0.3, 0.4) is 0 Å². The molecule has 1 aromatic carbocycles. The lowest BCUT2D eigenvalue weighted by Crippen LogP contribution is -2.31. The Balaban J connectivity index is 1.62. The third kappa shape index (κ3) is 2.61. The predicted molar refractivity (Wildman–Crippen MR) is 87.7 cm³/mol. The first-order valence-electron chi connectivity index (χ1n) is 8.07. The lowest BCUT2D eigenvalue weighted by atomic mass is 9.89. The third-order valence-electron chi connectivity index (χ3n) is 4.91. The maximum Gasteiger partial charge on any atom is 0.308 e. The molecule has 7 nitrogen and oxygen atoms in total. The van der Waals surface area contributed by atoms with Gasteiger partial charge in [-0.15, -0.1) is 0 Å². The van der Waals surface area contributed by atoms with E-state index in [1.807, 2.05) is 12.1 Å². The summed E-state index contributed by atoms with van der Waals surface area (Å²) in [6.07, 6.45) is 1.80. The van der Waals surface area contributed by atoms with Crippen LogP contribution in [0.5, 0.6) is 11.5 Å². The third-order valence-corrected chi connectivity index (χ3v) is 4.91. The van der Waals surface area contributed by atoms with Gasteiger partial charge >= 0.3 is 5.97 Å². The number of amides is 1. The van der Waals surface area contributed by atoms with Gasteiger partial charge in [-0.3, -0.25) is 9.59 Å². The van der Waals surface area contributed by atoms with Crippen molar-refractivity contribution in [1.29, 1.82) is 0 Å². The van der Waals surface area contributed by atoms with Crippen LogP contribution in [0.4, 0.5) is 0 Å². The van der Waals surface area contributed by atoms with Crippen LogP contribution in [-0.2, 0) is 11.8 Å². The van der Waals surface area contributed by atoms with Crippen molar-refractivity contribution >= 4 is 11.9 Å². The standard InChI is InChI=1S/C18H18N2O5/c1-19-6-2-3-14(19)17(21)20-8-12(13(9-20)18(22)23)11-4-5-15-16(7-11)25-10-24-15/h2-7,12-13H,8-10H2,1H3,(H,22,23). The molecule has 2 atom stereocenters. The molecule has 0 saturated carbocycles. The highest BCUT2D eigenvalue weighted by atomic mass is 16.7. The molecule has 3 heterocycles. The van der Waals surface area contributed by atoms with Gasteiger partial charge in [0.1, 0.15) is 5.69 Å². The Hall–Kier alpha value is -2.96. The molecular formula is C18H18N2O5. The Morgan fingerprint density at radius 1 is 1.16 bits per heavy atom. The van der Waals surface area contributed by atoms with E-state index in [-0.39, 0.29) is 25.2 Å². The van der Waals surface area contributed by atoms with Crippen LogP contribution in [-0.4, -0.2) is 46.3 Å². The molecule has 1 aromatic heterocycles. The van der Waals surface area contributed by atoms with E-state index in [4.69, 9.17) is 9.47 Å². The van der Waals surface area contributed by atoms with Gasteiger partial charge in [-0.05, 0) is 29.8 Å². The summed E-state index contributed by atoms with van der Waals surface area (Å²) in [6.45, 7) is 0.725. The molecule has 0 bridgehead atoms. The van der Waals surface area contributed by atoms with E-state index in [9.17, 15) is 14.7 Å². The second kappa shape index (κ2) is 5.84. The molecule has 0 spiro atoms. The molecule has 7 heteroatoms. The molecule has 0 radical (unpaired) electrons. The zero-order valence-corrected chi connectivity index (χ0v) is 13.7. The van der Waals surface area contributed by atoms with Gasteiger partial charge in [0.05, 0.1) is 5.92 Å². The Bertz CT molecular complexity index is 844. The number of benzene rings is 1. The number of ether oxygens (including phenoxy) is 2. The van der Waals surface area contributed by atoms with Crippen molar-refractivity contribution in [3.05, 3.63) is 47.8 Å². The molecule has 0 aliphatic carbocycles. The molecule has 2 aliphatic rings. The van der Waals surface area contributed by atoms with Crippen LogP contribution >= 0.6 is 0 Å². The first kappa shape index (κ1) is 15.6. The fourth-order valence-electron chi connectivity index (χ4n) is 3.55. The SMILES string of the molecule is Cn1cccc1C(=O)N1CC(C(=O)O)C(c2ccc3c(c2)OCO3)C1. The number of fused-ring (bicyclic) bond motifs is 1. The molecule has 130 valence electrons. The van der Waals surface area contributed by atoms with Crippen molar-refractivity contribution < 1.29 is 24.2 Å². The number of aromatic nitrogens is 1. The number of carboxylic acid groups (broad SMARTS) is 1. The van der Waals surface area contributed by atoms with Gasteiger partial charge in [-0.25, -0.2) is 0 Å². The summed E-state index contributed by atoms with van der Waals surface area (Å²) in [5.74, 6) is -0.702. The van der Waals surface area contributed by atoms with Crippen LogP contribution in [0.15, 0.2) is 36.5 Å². The fraction of sp³-hybridized carbons (Fsp3) is 0.333. The summed E-state index contributed by atoms with van der Waals surface area (Å²) < 4.78 is 12.4. The number of hydrogen-bond acceptors (Lipinski definition) is 4. The van der Waals surface area contributed by atoms with Crippen molar-refractivity contribution in [3.63, 3.8) is 0 Å². The average molecular weight is 342 g/mol. The number of rotatable bonds is 3. The van der Waals surface area contributed by atoms with Gasteiger partial charge in [-0.2, -0.15) is 0 Å². The Morgan fingerprint density at radius 2 is 1.96 bits per heavy atom. The van der Waals surface area contributed by atoms with Crippen LogP contribution < -0.4 is 9.47 Å². The molecule has 1 fully saturated rings. The highest BCUT2D eigenvalue weighted by Gasteiger charge is 2.41. The molecule has 4 rings (SSSR count). The first-order chi connectivity index (χ1) is 12.0. The summed E-state index contributed by atoms with van der Waals surface area (Å²) in [4.78, 5) is 26.1. The zero-order valence-electron chi connectivity index (χ0n) is 13.7. The minimum Gasteiger partial charge on any atom is -0.481 e. The fourth-order valence-corrected chi connectivity index (χ4v) is 3.55. The molecule has 2 aromatic rings. The van der Waals surface area contributed by atoms with E-state index >= 15 is 0 Å². The van der Waals surface area contributed by atoms with E-state index in [0.29, 0.717) is 23.7 Å². The summed E-state index contributed by atoms with van der Waals surface area (Å²) in [5.41, 5.74) is 1.40. The lowest BCUT2D eigenvalue weighted by molar-refractivity contribution is -0.141. The van der Waals surface area contributed by atoms with Crippen LogP contribution in [0, 0.1) is 5.92 Å². The number of carbonyl (C=O) groups is 2. The minimum atomic E-state index is -0.898. The van der Waals surface area contributed by atoms with E-state index in [1.54, 1.807) is 40.9 Å². The quantitative estimate of drug-likeness (QED) is 0.918. The number of likely N-dealkylation sites (tertiary alicyclic amines) is 1. The molecular weight excluding hydrogens is 324 g/mol. The molecule has 2 unspecified atom stereocenters. The highest BCUT2D eigenvalue weighted by Crippen LogP contribution is 2.39. The topological polar surface area (TPSA) is 81.0 Å². The van der Waals surface area contributed by atoms with Crippen LogP contribution in [0.1, 0.15) is 22.0 Å². The van der Waals surface area contributed by atoms with Crippen molar-refractivity contribution in [2.24, 2.45) is 13.0 Å². The van der Waals surface area contributed by atoms with Crippen LogP contribution in [0.2, 0.25) is 0 Å². The second-order valence-corrected chi connectivity index (χ2v) is 6.38. The number of carbonyl (C=O) groups excluding carboxylic acids is 1. The average Bonchev–Trinajstić information content (AvgIpc) is 3.32. The van der Waals surface area contributed by atoms with E-state index in [2.05, 4.69) is 0 Å². The molecule has 1 N–H and O–H groups in total. The van der Waals surface area contributed by atoms with Gasteiger partial charge < -0.3 is 24.0 Å². The number of aliphatic carboxylic acids is 1. The smallest absolute Gasteiger partial charge is 0.308 e. The first-order valence-corrected chi connectivity index (χ1v) is 8.07. The summed E-state index contributed by atoms with van der Waals surface area (Å²) in [6, 6.07) is 9.00. The second-order valence-electron chi connectivity index (χ2n) is 6.38. The lowest BCUT2D eigenvalue weighted by Gasteiger charge is -2.17. The maximum atomic E-state index is 12.7. The summed E-state index contributed by atoms with van der Waals surface area (Å²) in [7, 11) is 1.80. The van der Waals surface area contributed by atoms with Crippen molar-refractivity contribution in [2.45, 2.75) is 5.92 Å². The Labute approximate surface area is 144 Å². The zero-order chi connectivity index (χ0) is 17.6. The maximum absolute atomic E-state index is 12.7. The molecule has 1 amide bonds. The van der Waals surface area contributed by atoms with Crippen molar-refractivity contribution in [2.75, 3.05) is 19.9 Å². The normalized spacial score (nSPS) is 21.6. The van der Waals surface area contributed by atoms with E-state index < -0.39 is 11.9 Å². The van der Waals surface area contributed by atoms with Gasteiger partial charge in [0.2, 0.25) is 6.79 Å². The van der Waals surface area contributed by atoms with Gasteiger partial charge in [0, 0.05) is 32.3 Å². The number of nitrogens with zero attached hydrogens (tertiary/aromatic N) is 2. The number of carboxylic acids is 1. The van der Waals surface area contributed by atoms with Gasteiger partial charge in [0.25, 0.3) is 5.91 Å².